The van der Waals surface area contributed by atoms with Gasteiger partial charge in [-0.15, -0.1) is 0 Å². The van der Waals surface area contributed by atoms with Crippen molar-refractivity contribution < 1.29 is 9.53 Å². The molecule has 0 saturated heterocycles. The van der Waals surface area contributed by atoms with Gasteiger partial charge in [-0.2, -0.15) is 5.26 Å². The van der Waals surface area contributed by atoms with Crippen molar-refractivity contribution in [1.29, 1.82) is 5.26 Å². The van der Waals surface area contributed by atoms with Crippen LogP contribution in [0.1, 0.15) is 56.0 Å². The number of rotatable bonds is 3. The van der Waals surface area contributed by atoms with Gasteiger partial charge in [0.1, 0.15) is 6.10 Å². The van der Waals surface area contributed by atoms with E-state index in [4.69, 9.17) is 10.00 Å². The van der Waals surface area contributed by atoms with Crippen molar-refractivity contribution in [3.05, 3.63) is 35.4 Å². The molecule has 2 rings (SSSR count). The fraction of sp³-hybridized carbons (Fsp3) is 0.556. The summed E-state index contributed by atoms with van der Waals surface area (Å²) in [5.41, 5.74) is 1.08. The molecular formula is C18H23NO2. The largest absolute Gasteiger partial charge is 0.458 e. The second-order valence-corrected chi connectivity index (χ2v) is 6.46. The van der Waals surface area contributed by atoms with Crippen molar-refractivity contribution in [3.8, 4) is 6.07 Å². The molecule has 3 nitrogen and oxygen atoms in total. The minimum Gasteiger partial charge on any atom is -0.458 e. The second-order valence-electron chi connectivity index (χ2n) is 6.46. The summed E-state index contributed by atoms with van der Waals surface area (Å²) >= 11 is 0. The van der Waals surface area contributed by atoms with Gasteiger partial charge in [0, 0.05) is 0 Å². The highest BCUT2D eigenvalue weighted by molar-refractivity contribution is 5.89. The van der Waals surface area contributed by atoms with Gasteiger partial charge in [0.05, 0.1) is 17.2 Å². The Hall–Kier alpha value is -1.82. The van der Waals surface area contributed by atoms with Crippen LogP contribution in [0.5, 0.6) is 0 Å². The smallest absolute Gasteiger partial charge is 0.338 e. The molecule has 0 heterocycles. The van der Waals surface area contributed by atoms with E-state index in [-0.39, 0.29) is 12.1 Å². The summed E-state index contributed by atoms with van der Waals surface area (Å²) in [5.74, 6) is 1.31. The molecule has 0 aromatic heterocycles. The zero-order valence-corrected chi connectivity index (χ0v) is 13.0. The molecule has 0 aliphatic heterocycles. The molecule has 0 bridgehead atoms. The highest BCUT2D eigenvalue weighted by Gasteiger charge is 2.33. The molecule has 1 aliphatic rings. The zero-order chi connectivity index (χ0) is 15.4. The van der Waals surface area contributed by atoms with E-state index in [1.807, 2.05) is 0 Å². The van der Waals surface area contributed by atoms with Crippen LogP contribution in [-0.2, 0) is 4.74 Å². The number of esters is 1. The standard InChI is InChI=1S/C18H23NO2/c1-12(2)16-9-4-13(3)10-17(16)21-18(20)15-7-5-14(11-19)6-8-15/h5-8,12-13,16-17H,4,9-10H2,1-3H3. The van der Waals surface area contributed by atoms with Crippen molar-refractivity contribution in [2.45, 2.75) is 46.1 Å². The Labute approximate surface area is 126 Å². The molecule has 1 aliphatic carbocycles. The van der Waals surface area contributed by atoms with E-state index >= 15 is 0 Å². The summed E-state index contributed by atoms with van der Waals surface area (Å²) in [6, 6.07) is 8.68. The number of ether oxygens (including phenoxy) is 1. The predicted molar refractivity (Wildman–Crippen MR) is 81.7 cm³/mol. The van der Waals surface area contributed by atoms with Crippen molar-refractivity contribution in [1.82, 2.24) is 0 Å². The molecule has 3 unspecified atom stereocenters. The van der Waals surface area contributed by atoms with Gasteiger partial charge in [-0.25, -0.2) is 4.79 Å². The van der Waals surface area contributed by atoms with Gasteiger partial charge in [-0.05, 0) is 54.9 Å². The highest BCUT2D eigenvalue weighted by Crippen LogP contribution is 2.35. The van der Waals surface area contributed by atoms with Gasteiger partial charge in [0.25, 0.3) is 0 Å². The zero-order valence-electron chi connectivity index (χ0n) is 13.0. The van der Waals surface area contributed by atoms with Gasteiger partial charge < -0.3 is 4.74 Å². The first-order chi connectivity index (χ1) is 10.0. The number of carbonyl (C=O) groups excluding carboxylic acids is 1. The summed E-state index contributed by atoms with van der Waals surface area (Å²) < 4.78 is 5.77. The Kier molecular flexibility index (Phi) is 5.01. The molecule has 3 atom stereocenters. The van der Waals surface area contributed by atoms with Crippen LogP contribution in [0.3, 0.4) is 0 Å². The van der Waals surface area contributed by atoms with Crippen LogP contribution in [0.4, 0.5) is 0 Å². The first kappa shape index (κ1) is 15.6. The normalized spacial score (nSPS) is 25.4. The maximum absolute atomic E-state index is 12.3. The molecule has 21 heavy (non-hydrogen) atoms. The van der Waals surface area contributed by atoms with E-state index < -0.39 is 0 Å². The lowest BCUT2D eigenvalue weighted by Gasteiger charge is -2.36. The van der Waals surface area contributed by atoms with E-state index in [1.54, 1.807) is 24.3 Å². The lowest BCUT2D eigenvalue weighted by atomic mass is 9.75. The van der Waals surface area contributed by atoms with Crippen molar-refractivity contribution in [3.63, 3.8) is 0 Å². The molecule has 1 saturated carbocycles. The van der Waals surface area contributed by atoms with Crippen LogP contribution < -0.4 is 0 Å². The third-order valence-corrected chi connectivity index (χ3v) is 4.47. The van der Waals surface area contributed by atoms with Crippen molar-refractivity contribution in [2.24, 2.45) is 17.8 Å². The van der Waals surface area contributed by atoms with Crippen LogP contribution in [0.2, 0.25) is 0 Å². The molecule has 1 aromatic rings. The Morgan fingerprint density at radius 1 is 1.29 bits per heavy atom. The molecule has 112 valence electrons. The molecular weight excluding hydrogens is 262 g/mol. The monoisotopic (exact) mass is 285 g/mol. The van der Waals surface area contributed by atoms with Crippen LogP contribution in [0.15, 0.2) is 24.3 Å². The minimum atomic E-state index is -0.274. The molecule has 0 spiro atoms. The maximum atomic E-state index is 12.3. The fourth-order valence-electron chi connectivity index (χ4n) is 3.14. The highest BCUT2D eigenvalue weighted by atomic mass is 16.5. The lowest BCUT2D eigenvalue weighted by molar-refractivity contribution is -0.0174. The molecule has 3 heteroatoms. The number of nitriles is 1. The second kappa shape index (κ2) is 6.76. The number of hydrogen-bond acceptors (Lipinski definition) is 3. The van der Waals surface area contributed by atoms with Crippen LogP contribution in [-0.4, -0.2) is 12.1 Å². The van der Waals surface area contributed by atoms with E-state index in [0.717, 1.165) is 12.8 Å². The fourth-order valence-corrected chi connectivity index (χ4v) is 3.14. The van der Waals surface area contributed by atoms with E-state index in [0.29, 0.717) is 28.9 Å². The van der Waals surface area contributed by atoms with E-state index in [1.165, 1.54) is 6.42 Å². The van der Waals surface area contributed by atoms with Crippen LogP contribution >= 0.6 is 0 Å². The number of carbonyl (C=O) groups is 1. The molecule has 1 aromatic carbocycles. The molecule has 1 fully saturated rings. The van der Waals surface area contributed by atoms with Gasteiger partial charge in [0.2, 0.25) is 0 Å². The van der Waals surface area contributed by atoms with E-state index in [9.17, 15) is 4.79 Å². The summed E-state index contributed by atoms with van der Waals surface area (Å²) in [6.45, 7) is 6.62. The molecule has 0 N–H and O–H groups in total. The maximum Gasteiger partial charge on any atom is 0.338 e. The average Bonchev–Trinajstić information content (AvgIpc) is 2.47. The van der Waals surface area contributed by atoms with Crippen molar-refractivity contribution >= 4 is 5.97 Å². The van der Waals surface area contributed by atoms with Gasteiger partial charge in [0.15, 0.2) is 0 Å². The van der Waals surface area contributed by atoms with E-state index in [2.05, 4.69) is 26.8 Å². The summed E-state index contributed by atoms with van der Waals surface area (Å²) in [7, 11) is 0. The number of benzene rings is 1. The summed E-state index contributed by atoms with van der Waals surface area (Å²) in [5, 5.41) is 8.79. The number of nitrogens with zero attached hydrogens (tertiary/aromatic N) is 1. The topological polar surface area (TPSA) is 50.1 Å². The Bertz CT molecular complexity index is 527. The Balaban J connectivity index is 2.07. The Morgan fingerprint density at radius 3 is 2.52 bits per heavy atom. The quantitative estimate of drug-likeness (QED) is 0.783. The van der Waals surface area contributed by atoms with Crippen molar-refractivity contribution in [2.75, 3.05) is 0 Å². The average molecular weight is 285 g/mol. The molecule has 0 amide bonds. The van der Waals surface area contributed by atoms with Crippen LogP contribution in [0, 0.1) is 29.1 Å². The molecule has 0 radical (unpaired) electrons. The van der Waals surface area contributed by atoms with Gasteiger partial charge >= 0.3 is 5.97 Å². The first-order valence-corrected chi connectivity index (χ1v) is 7.72. The lowest BCUT2D eigenvalue weighted by Crippen LogP contribution is -2.35. The Morgan fingerprint density at radius 2 is 1.95 bits per heavy atom. The van der Waals surface area contributed by atoms with Crippen LogP contribution in [0.25, 0.3) is 0 Å². The number of hydrogen-bond donors (Lipinski definition) is 0. The summed E-state index contributed by atoms with van der Waals surface area (Å²) in [6.07, 6.45) is 3.31. The third kappa shape index (κ3) is 3.85. The SMILES string of the molecule is CC1CCC(C(C)C)C(OC(=O)c2ccc(C#N)cc2)C1. The first-order valence-electron chi connectivity index (χ1n) is 7.72. The summed E-state index contributed by atoms with van der Waals surface area (Å²) in [4.78, 5) is 12.3. The van der Waals surface area contributed by atoms with Gasteiger partial charge in [-0.1, -0.05) is 27.2 Å². The predicted octanol–water partition coefficient (Wildman–Crippen LogP) is 4.18. The minimum absolute atomic E-state index is 0.0110. The third-order valence-electron chi connectivity index (χ3n) is 4.47. The van der Waals surface area contributed by atoms with Gasteiger partial charge in [-0.3, -0.25) is 0 Å².